The number of hydrogen-bond donors (Lipinski definition) is 1. The molecule has 0 atom stereocenters. The van der Waals surface area contributed by atoms with Gasteiger partial charge < -0.3 is 14.5 Å². The van der Waals surface area contributed by atoms with E-state index in [4.69, 9.17) is 9.15 Å². The van der Waals surface area contributed by atoms with Gasteiger partial charge in [-0.15, -0.1) is 11.3 Å². The molecule has 0 spiro atoms. The second-order valence-corrected chi connectivity index (χ2v) is 6.48. The lowest BCUT2D eigenvalue weighted by Gasteiger charge is -2.03. The van der Waals surface area contributed by atoms with Gasteiger partial charge in [-0.3, -0.25) is 4.79 Å². The molecule has 0 bridgehead atoms. The molecule has 2 heterocycles. The summed E-state index contributed by atoms with van der Waals surface area (Å²) in [7, 11) is 0. The average Bonchev–Trinajstić information content (AvgIpc) is 3.25. The van der Waals surface area contributed by atoms with Crippen LogP contribution in [0.3, 0.4) is 0 Å². The van der Waals surface area contributed by atoms with Crippen molar-refractivity contribution in [3.63, 3.8) is 0 Å². The highest BCUT2D eigenvalue weighted by atomic mass is 32.1. The lowest BCUT2D eigenvalue weighted by molar-refractivity contribution is 0.0957. The smallest absolute Gasteiger partial charge is 0.263 e. The highest BCUT2D eigenvalue weighted by molar-refractivity contribution is 7.17. The van der Waals surface area contributed by atoms with E-state index in [0.717, 1.165) is 27.8 Å². The van der Waals surface area contributed by atoms with Crippen molar-refractivity contribution in [2.24, 2.45) is 0 Å². The quantitative estimate of drug-likeness (QED) is 0.693. The number of aromatic nitrogens is 1. The molecule has 0 radical (unpaired) electrons. The number of carbonyl (C=O) groups is 1. The minimum Gasteiger partial charge on any atom is -0.494 e. The molecule has 0 saturated carbocycles. The molecule has 0 aliphatic heterocycles. The number of nitrogens with one attached hydrogen (secondary N) is 1. The summed E-state index contributed by atoms with van der Waals surface area (Å²) in [5.41, 5.74) is 1.72. The Morgan fingerprint density at radius 3 is 2.76 bits per heavy atom. The van der Waals surface area contributed by atoms with Crippen LogP contribution in [0.2, 0.25) is 0 Å². The number of rotatable bonds is 7. The summed E-state index contributed by atoms with van der Waals surface area (Å²) in [5.74, 6) is 1.59. The van der Waals surface area contributed by atoms with E-state index in [1.165, 1.54) is 11.3 Å². The van der Waals surface area contributed by atoms with E-state index in [-0.39, 0.29) is 5.91 Å². The summed E-state index contributed by atoms with van der Waals surface area (Å²) < 4.78 is 10.7. The third-order valence-electron chi connectivity index (χ3n) is 3.65. The third-order valence-corrected chi connectivity index (χ3v) is 4.86. The zero-order valence-electron chi connectivity index (χ0n) is 14.2. The lowest BCUT2D eigenvalue weighted by Crippen LogP contribution is -2.25. The maximum atomic E-state index is 12.4. The van der Waals surface area contributed by atoms with Crippen LogP contribution >= 0.6 is 11.3 Å². The zero-order valence-corrected chi connectivity index (χ0v) is 15.1. The zero-order chi connectivity index (χ0) is 17.6. The summed E-state index contributed by atoms with van der Waals surface area (Å²) in [6, 6.07) is 11.5. The molecule has 0 fully saturated rings. The number of thiazole rings is 1. The van der Waals surface area contributed by atoms with Gasteiger partial charge in [0.1, 0.15) is 21.4 Å². The molecule has 3 aromatic rings. The number of carbonyl (C=O) groups excluding carboxylic acids is 1. The number of hydrogen-bond acceptors (Lipinski definition) is 5. The second-order valence-electron chi connectivity index (χ2n) is 5.48. The summed E-state index contributed by atoms with van der Waals surface area (Å²) in [6.45, 7) is 4.98. The van der Waals surface area contributed by atoms with E-state index < -0.39 is 0 Å². The Morgan fingerprint density at radius 2 is 2.08 bits per heavy atom. The first-order valence-corrected chi connectivity index (χ1v) is 9.00. The first-order valence-electron chi connectivity index (χ1n) is 8.18. The normalized spacial score (nSPS) is 10.6. The Kier molecular flexibility index (Phi) is 5.50. The highest BCUT2D eigenvalue weighted by Gasteiger charge is 2.16. The van der Waals surface area contributed by atoms with Crippen molar-refractivity contribution < 1.29 is 13.9 Å². The van der Waals surface area contributed by atoms with E-state index in [9.17, 15) is 4.79 Å². The molecule has 6 heteroatoms. The molecule has 1 N–H and O–H groups in total. The van der Waals surface area contributed by atoms with Crippen molar-refractivity contribution in [1.82, 2.24) is 10.3 Å². The minimum atomic E-state index is -0.0984. The fourth-order valence-electron chi connectivity index (χ4n) is 2.43. The molecule has 1 aromatic carbocycles. The molecule has 0 aliphatic carbocycles. The lowest BCUT2D eigenvalue weighted by atomic mass is 10.2. The maximum absolute atomic E-state index is 12.4. The van der Waals surface area contributed by atoms with Crippen LogP contribution in [0.1, 0.15) is 28.0 Å². The van der Waals surface area contributed by atoms with Gasteiger partial charge >= 0.3 is 0 Å². The topological polar surface area (TPSA) is 64.4 Å². The number of amides is 1. The van der Waals surface area contributed by atoms with E-state index in [1.54, 1.807) is 6.26 Å². The van der Waals surface area contributed by atoms with Crippen LogP contribution in [0, 0.1) is 6.92 Å². The van der Waals surface area contributed by atoms with E-state index in [1.807, 2.05) is 50.2 Å². The molecular formula is C19H20N2O3S. The molecule has 5 nitrogen and oxygen atoms in total. The van der Waals surface area contributed by atoms with Gasteiger partial charge in [-0.2, -0.15) is 0 Å². The number of furan rings is 1. The second kappa shape index (κ2) is 7.98. The van der Waals surface area contributed by atoms with Gasteiger partial charge in [0.2, 0.25) is 0 Å². The molecule has 0 unspecified atom stereocenters. The van der Waals surface area contributed by atoms with Crippen LogP contribution in [-0.2, 0) is 6.42 Å². The summed E-state index contributed by atoms with van der Waals surface area (Å²) in [4.78, 5) is 17.6. The van der Waals surface area contributed by atoms with E-state index in [0.29, 0.717) is 24.4 Å². The standard InChI is InChI=1S/C19H20N2O3S/c1-3-23-16-8-6-14(7-9-16)19-21-13(2)17(25-19)18(22)20-11-10-15-5-4-12-24-15/h4-9,12H,3,10-11H2,1-2H3,(H,20,22). The molecular weight excluding hydrogens is 336 g/mol. The van der Waals surface area contributed by atoms with Crippen LogP contribution in [0.25, 0.3) is 10.6 Å². The van der Waals surface area contributed by atoms with Gasteiger partial charge in [0, 0.05) is 18.5 Å². The van der Waals surface area contributed by atoms with Crippen molar-refractivity contribution in [2.75, 3.05) is 13.2 Å². The number of aryl methyl sites for hydroxylation is 1. The summed E-state index contributed by atoms with van der Waals surface area (Å²) in [5, 5.41) is 3.75. The SMILES string of the molecule is CCOc1ccc(-c2nc(C)c(C(=O)NCCc3ccco3)s2)cc1. The van der Waals surface area contributed by atoms with Gasteiger partial charge in [-0.05, 0) is 50.2 Å². The molecule has 130 valence electrons. The van der Waals surface area contributed by atoms with E-state index >= 15 is 0 Å². The van der Waals surface area contributed by atoms with Gasteiger partial charge in [0.25, 0.3) is 5.91 Å². The van der Waals surface area contributed by atoms with Crippen LogP contribution in [0.5, 0.6) is 5.75 Å². The molecule has 2 aromatic heterocycles. The molecule has 0 saturated heterocycles. The van der Waals surface area contributed by atoms with Gasteiger partial charge in [-0.25, -0.2) is 4.98 Å². The Balaban J connectivity index is 1.65. The Labute approximate surface area is 150 Å². The van der Waals surface area contributed by atoms with Gasteiger partial charge in [0.05, 0.1) is 18.6 Å². The van der Waals surface area contributed by atoms with Crippen LogP contribution in [0.15, 0.2) is 47.1 Å². The number of nitrogens with zero attached hydrogens (tertiary/aromatic N) is 1. The van der Waals surface area contributed by atoms with Crippen molar-refractivity contribution in [2.45, 2.75) is 20.3 Å². The number of ether oxygens (including phenoxy) is 1. The fraction of sp³-hybridized carbons (Fsp3) is 0.263. The van der Waals surface area contributed by atoms with Crippen LogP contribution in [0.4, 0.5) is 0 Å². The summed E-state index contributed by atoms with van der Waals surface area (Å²) in [6.07, 6.45) is 2.30. The number of benzene rings is 1. The Bertz CT molecular complexity index is 823. The van der Waals surface area contributed by atoms with Crippen molar-refractivity contribution in [1.29, 1.82) is 0 Å². The molecule has 1 amide bonds. The van der Waals surface area contributed by atoms with Crippen molar-refractivity contribution in [3.8, 4) is 16.3 Å². The Hall–Kier alpha value is -2.60. The van der Waals surface area contributed by atoms with Crippen molar-refractivity contribution in [3.05, 3.63) is 59.0 Å². The Morgan fingerprint density at radius 1 is 1.28 bits per heavy atom. The third kappa shape index (κ3) is 4.28. The van der Waals surface area contributed by atoms with Crippen molar-refractivity contribution >= 4 is 17.2 Å². The van der Waals surface area contributed by atoms with Crippen LogP contribution < -0.4 is 10.1 Å². The maximum Gasteiger partial charge on any atom is 0.263 e. The van der Waals surface area contributed by atoms with Gasteiger partial charge in [0.15, 0.2) is 0 Å². The molecule has 25 heavy (non-hydrogen) atoms. The van der Waals surface area contributed by atoms with Gasteiger partial charge in [-0.1, -0.05) is 0 Å². The predicted molar refractivity (Wildman–Crippen MR) is 98.2 cm³/mol. The molecule has 3 rings (SSSR count). The first kappa shape index (κ1) is 17.2. The van der Waals surface area contributed by atoms with Crippen LogP contribution in [-0.4, -0.2) is 24.0 Å². The summed E-state index contributed by atoms with van der Waals surface area (Å²) >= 11 is 1.40. The molecule has 0 aliphatic rings. The predicted octanol–water partition coefficient (Wildman–Crippen LogP) is 4.08. The fourth-order valence-corrected chi connectivity index (χ4v) is 3.41. The highest BCUT2D eigenvalue weighted by Crippen LogP contribution is 2.29. The largest absolute Gasteiger partial charge is 0.494 e. The average molecular weight is 356 g/mol. The minimum absolute atomic E-state index is 0.0984. The first-order chi connectivity index (χ1) is 12.2. The monoisotopic (exact) mass is 356 g/mol. The van der Waals surface area contributed by atoms with E-state index in [2.05, 4.69) is 10.3 Å².